The summed E-state index contributed by atoms with van der Waals surface area (Å²) >= 11 is 0. The first kappa shape index (κ1) is 12.3. The molecule has 0 radical (unpaired) electrons. The lowest BCUT2D eigenvalue weighted by Gasteiger charge is -2.17. The summed E-state index contributed by atoms with van der Waals surface area (Å²) in [5.74, 6) is 3.13. The van der Waals surface area contributed by atoms with Crippen molar-refractivity contribution in [1.29, 1.82) is 0 Å². The van der Waals surface area contributed by atoms with E-state index in [9.17, 15) is 0 Å². The van der Waals surface area contributed by atoms with Crippen LogP contribution in [-0.4, -0.2) is 17.0 Å². The summed E-state index contributed by atoms with van der Waals surface area (Å²) < 4.78 is 0. The van der Waals surface area contributed by atoms with Gasteiger partial charge in [0.2, 0.25) is 0 Å². The molecule has 0 bridgehead atoms. The summed E-state index contributed by atoms with van der Waals surface area (Å²) in [7, 11) is 1.95. The van der Waals surface area contributed by atoms with Crippen LogP contribution in [0.1, 0.15) is 68.4 Å². The summed E-state index contributed by atoms with van der Waals surface area (Å²) in [6.45, 7) is 6.50. The van der Waals surface area contributed by atoms with E-state index in [1.165, 1.54) is 31.2 Å². The van der Waals surface area contributed by atoms with Crippen molar-refractivity contribution in [3.05, 3.63) is 17.1 Å². The van der Waals surface area contributed by atoms with Crippen LogP contribution in [0, 0.1) is 6.92 Å². The highest BCUT2D eigenvalue weighted by Gasteiger charge is 2.22. The van der Waals surface area contributed by atoms with Gasteiger partial charge in [-0.15, -0.1) is 0 Å². The number of rotatable bonds is 3. The monoisotopic (exact) mass is 233 g/mol. The van der Waals surface area contributed by atoms with Crippen molar-refractivity contribution in [1.82, 2.24) is 9.97 Å². The smallest absolute Gasteiger partial charge is 0.134 e. The Balaban J connectivity index is 2.40. The second-order valence-electron chi connectivity index (χ2n) is 5.32. The quantitative estimate of drug-likeness (QED) is 0.866. The van der Waals surface area contributed by atoms with Crippen molar-refractivity contribution in [3.63, 3.8) is 0 Å². The molecular weight excluding hydrogens is 210 g/mol. The van der Waals surface area contributed by atoms with Crippen molar-refractivity contribution in [2.75, 3.05) is 12.4 Å². The number of nitrogens with one attached hydrogen (secondary N) is 1. The van der Waals surface area contributed by atoms with E-state index in [1.807, 2.05) is 7.05 Å². The highest BCUT2D eigenvalue weighted by Crippen LogP contribution is 2.34. The SMILES string of the molecule is CNc1nc(C2CCCC2)nc(C)c1C(C)C. The molecule has 1 saturated carbocycles. The second kappa shape index (κ2) is 5.03. The van der Waals surface area contributed by atoms with Crippen molar-refractivity contribution in [2.24, 2.45) is 0 Å². The average molecular weight is 233 g/mol. The van der Waals surface area contributed by atoms with Crippen molar-refractivity contribution >= 4 is 5.82 Å². The van der Waals surface area contributed by atoms with Gasteiger partial charge in [0.05, 0.1) is 0 Å². The van der Waals surface area contributed by atoms with Gasteiger partial charge in [0.15, 0.2) is 0 Å². The standard InChI is InChI=1S/C14H23N3/c1-9(2)12-10(3)16-13(17-14(12)15-4)11-7-5-6-8-11/h9,11H,5-8H2,1-4H3,(H,15,16,17). The third-order valence-corrected chi connectivity index (χ3v) is 3.69. The van der Waals surface area contributed by atoms with Crippen LogP contribution in [0.4, 0.5) is 5.82 Å². The molecule has 2 rings (SSSR count). The highest BCUT2D eigenvalue weighted by molar-refractivity contribution is 5.48. The minimum absolute atomic E-state index is 0.468. The molecule has 0 amide bonds. The first-order valence-corrected chi connectivity index (χ1v) is 6.69. The Morgan fingerprint density at radius 3 is 2.35 bits per heavy atom. The van der Waals surface area contributed by atoms with Gasteiger partial charge in [-0.05, 0) is 25.7 Å². The summed E-state index contributed by atoms with van der Waals surface area (Å²) in [5.41, 5.74) is 2.40. The molecule has 1 aromatic rings. The number of aromatic nitrogens is 2. The Bertz CT molecular complexity index is 393. The summed E-state index contributed by atoms with van der Waals surface area (Å²) in [6, 6.07) is 0. The molecule has 0 aromatic carbocycles. The van der Waals surface area contributed by atoms with E-state index in [1.54, 1.807) is 0 Å². The number of nitrogens with zero attached hydrogens (tertiary/aromatic N) is 2. The summed E-state index contributed by atoms with van der Waals surface area (Å²) in [5, 5.41) is 3.23. The molecule has 94 valence electrons. The zero-order valence-electron chi connectivity index (χ0n) is 11.4. The lowest BCUT2D eigenvalue weighted by Crippen LogP contribution is -2.10. The molecule has 1 heterocycles. The fourth-order valence-electron chi connectivity index (χ4n) is 2.85. The van der Waals surface area contributed by atoms with Crippen LogP contribution in [0.2, 0.25) is 0 Å². The predicted octanol–water partition coefficient (Wildman–Crippen LogP) is 3.61. The molecule has 1 aliphatic carbocycles. The fourth-order valence-corrected chi connectivity index (χ4v) is 2.85. The third-order valence-electron chi connectivity index (χ3n) is 3.69. The lowest BCUT2D eigenvalue weighted by molar-refractivity contribution is 0.658. The van der Waals surface area contributed by atoms with Crippen LogP contribution >= 0.6 is 0 Å². The van der Waals surface area contributed by atoms with E-state index in [-0.39, 0.29) is 0 Å². The summed E-state index contributed by atoms with van der Waals surface area (Å²) in [6.07, 6.45) is 5.16. The molecule has 0 spiro atoms. The molecular formula is C14H23N3. The molecule has 3 heteroatoms. The number of hydrogen-bond acceptors (Lipinski definition) is 3. The Kier molecular flexibility index (Phi) is 3.65. The van der Waals surface area contributed by atoms with Gasteiger partial charge in [-0.25, -0.2) is 9.97 Å². The Morgan fingerprint density at radius 1 is 1.18 bits per heavy atom. The van der Waals surface area contributed by atoms with Crippen LogP contribution in [0.3, 0.4) is 0 Å². The Labute approximate surface area is 104 Å². The molecule has 1 aromatic heterocycles. The van der Waals surface area contributed by atoms with Gasteiger partial charge in [-0.2, -0.15) is 0 Å². The van der Waals surface area contributed by atoms with Crippen LogP contribution in [0.25, 0.3) is 0 Å². The van der Waals surface area contributed by atoms with E-state index in [0.29, 0.717) is 11.8 Å². The maximum absolute atomic E-state index is 4.73. The highest BCUT2D eigenvalue weighted by atomic mass is 15.0. The molecule has 0 atom stereocenters. The van der Waals surface area contributed by atoms with Crippen molar-refractivity contribution < 1.29 is 0 Å². The first-order valence-electron chi connectivity index (χ1n) is 6.69. The zero-order valence-corrected chi connectivity index (χ0v) is 11.4. The molecule has 1 aliphatic rings. The van der Waals surface area contributed by atoms with Crippen LogP contribution in [-0.2, 0) is 0 Å². The molecule has 0 aliphatic heterocycles. The van der Waals surface area contributed by atoms with Gasteiger partial charge in [0.25, 0.3) is 0 Å². The van der Waals surface area contributed by atoms with E-state index in [0.717, 1.165) is 17.3 Å². The van der Waals surface area contributed by atoms with Gasteiger partial charge in [0.1, 0.15) is 11.6 Å². The van der Waals surface area contributed by atoms with Gasteiger partial charge in [-0.1, -0.05) is 26.7 Å². The van der Waals surface area contributed by atoms with Crippen molar-refractivity contribution in [2.45, 2.75) is 58.3 Å². The van der Waals surface area contributed by atoms with E-state index < -0.39 is 0 Å². The van der Waals surface area contributed by atoms with Gasteiger partial charge < -0.3 is 5.32 Å². The predicted molar refractivity (Wildman–Crippen MR) is 71.6 cm³/mol. The van der Waals surface area contributed by atoms with Crippen LogP contribution in [0.5, 0.6) is 0 Å². The molecule has 17 heavy (non-hydrogen) atoms. The minimum atomic E-state index is 0.468. The maximum atomic E-state index is 4.73. The van der Waals surface area contributed by atoms with Crippen molar-refractivity contribution in [3.8, 4) is 0 Å². The number of aryl methyl sites for hydroxylation is 1. The zero-order chi connectivity index (χ0) is 12.4. The molecule has 3 nitrogen and oxygen atoms in total. The second-order valence-corrected chi connectivity index (χ2v) is 5.32. The number of anilines is 1. The van der Waals surface area contributed by atoms with Gasteiger partial charge in [-0.3, -0.25) is 0 Å². The van der Waals surface area contributed by atoms with E-state index >= 15 is 0 Å². The van der Waals surface area contributed by atoms with Gasteiger partial charge in [0, 0.05) is 24.2 Å². The molecule has 0 unspecified atom stereocenters. The fraction of sp³-hybridized carbons (Fsp3) is 0.714. The topological polar surface area (TPSA) is 37.8 Å². The minimum Gasteiger partial charge on any atom is -0.373 e. The van der Waals surface area contributed by atoms with Gasteiger partial charge >= 0.3 is 0 Å². The lowest BCUT2D eigenvalue weighted by atomic mass is 10.0. The van der Waals surface area contributed by atoms with Crippen LogP contribution in [0.15, 0.2) is 0 Å². The molecule has 0 saturated heterocycles. The largest absolute Gasteiger partial charge is 0.373 e. The maximum Gasteiger partial charge on any atom is 0.134 e. The van der Waals surface area contributed by atoms with E-state index in [4.69, 9.17) is 9.97 Å². The number of hydrogen-bond donors (Lipinski definition) is 1. The summed E-state index contributed by atoms with van der Waals surface area (Å²) in [4.78, 5) is 9.47. The Hall–Kier alpha value is -1.12. The average Bonchev–Trinajstić information content (AvgIpc) is 2.80. The molecule has 1 N–H and O–H groups in total. The van der Waals surface area contributed by atoms with E-state index in [2.05, 4.69) is 26.1 Å². The Morgan fingerprint density at radius 2 is 1.82 bits per heavy atom. The van der Waals surface area contributed by atoms with Crippen LogP contribution < -0.4 is 5.32 Å². The third kappa shape index (κ3) is 2.43. The molecule has 1 fully saturated rings. The normalized spacial score (nSPS) is 16.8. The first-order chi connectivity index (χ1) is 8.13.